The maximum Gasteiger partial charge on any atom is 0.324 e. The number of hydrogen-bond acceptors (Lipinski definition) is 6. The smallest absolute Gasteiger partial charge is 0.324 e. The fraction of sp³-hybridized carbons (Fsp3) is 0.545. The summed E-state index contributed by atoms with van der Waals surface area (Å²) in [6, 6.07) is 2.90. The number of nitrogens with two attached hydrogens (primary N) is 1. The summed E-state index contributed by atoms with van der Waals surface area (Å²) in [5, 5.41) is 10.6. The maximum atomic E-state index is 12.2. The van der Waals surface area contributed by atoms with Crippen LogP contribution in [0.5, 0.6) is 0 Å². The molecule has 0 unspecified atom stereocenters. The summed E-state index contributed by atoms with van der Waals surface area (Å²) < 4.78 is 0. The summed E-state index contributed by atoms with van der Waals surface area (Å²) in [6.45, 7) is 4.35. The Labute approximate surface area is 126 Å². The molecule has 1 aromatic heterocycles. The normalized spacial score (nSPS) is 15.8. The van der Waals surface area contributed by atoms with Gasteiger partial charge in [-0.05, 0) is 6.07 Å². The summed E-state index contributed by atoms with van der Waals surface area (Å²) in [7, 11) is 0. The Hall–Kier alpha value is -1.22. The van der Waals surface area contributed by atoms with Crippen LogP contribution in [0.3, 0.4) is 0 Å². The number of piperazine rings is 1. The standard InChI is InChI=1S/C11H16N4O3S.ClH/c12-3-4-13-5-7-14(8-6-13)11(16)9-1-2-10(19-9)15(17)18;/h1-2H,3-8,12H2;1H. The monoisotopic (exact) mass is 320 g/mol. The van der Waals surface area contributed by atoms with E-state index in [-0.39, 0.29) is 23.3 Å². The van der Waals surface area contributed by atoms with Gasteiger partial charge in [-0.1, -0.05) is 11.3 Å². The first-order chi connectivity index (χ1) is 9.11. The van der Waals surface area contributed by atoms with Crippen LogP contribution in [0.25, 0.3) is 0 Å². The molecule has 1 aromatic rings. The van der Waals surface area contributed by atoms with Crippen LogP contribution in [0.1, 0.15) is 9.67 Å². The second kappa shape index (κ2) is 7.53. The third-order valence-electron chi connectivity index (χ3n) is 3.09. The van der Waals surface area contributed by atoms with Crippen LogP contribution in [0, 0.1) is 10.1 Å². The van der Waals surface area contributed by atoms with Crippen LogP contribution in [0.15, 0.2) is 12.1 Å². The Kier molecular flexibility index (Phi) is 6.34. The third kappa shape index (κ3) is 3.89. The fourth-order valence-corrected chi connectivity index (χ4v) is 2.84. The van der Waals surface area contributed by atoms with Crippen LogP contribution in [0.4, 0.5) is 5.00 Å². The molecule has 112 valence electrons. The van der Waals surface area contributed by atoms with Crippen molar-refractivity contribution >= 4 is 34.7 Å². The van der Waals surface area contributed by atoms with Crippen molar-refractivity contribution in [1.82, 2.24) is 9.80 Å². The Morgan fingerprint density at radius 1 is 1.35 bits per heavy atom. The molecule has 20 heavy (non-hydrogen) atoms. The number of halogens is 1. The second-order valence-electron chi connectivity index (χ2n) is 4.32. The molecule has 0 atom stereocenters. The molecule has 0 bridgehead atoms. The Morgan fingerprint density at radius 3 is 2.50 bits per heavy atom. The molecule has 1 fully saturated rings. The van der Waals surface area contributed by atoms with Gasteiger partial charge in [0.25, 0.3) is 5.91 Å². The Bertz CT molecular complexity index is 474. The zero-order chi connectivity index (χ0) is 13.8. The third-order valence-corrected chi connectivity index (χ3v) is 4.11. The molecular formula is C11H17ClN4O3S. The van der Waals surface area contributed by atoms with E-state index in [0.717, 1.165) is 31.0 Å². The molecule has 1 amide bonds. The molecule has 1 saturated heterocycles. The van der Waals surface area contributed by atoms with Gasteiger partial charge in [0.15, 0.2) is 0 Å². The molecule has 0 radical (unpaired) electrons. The largest absolute Gasteiger partial charge is 0.335 e. The molecular weight excluding hydrogens is 304 g/mol. The van der Waals surface area contributed by atoms with E-state index in [9.17, 15) is 14.9 Å². The molecule has 0 spiro atoms. The van der Waals surface area contributed by atoms with Crippen LogP contribution in [0.2, 0.25) is 0 Å². The van der Waals surface area contributed by atoms with Gasteiger partial charge >= 0.3 is 5.00 Å². The van der Waals surface area contributed by atoms with Crippen LogP contribution >= 0.6 is 23.7 Å². The highest BCUT2D eigenvalue weighted by Crippen LogP contribution is 2.25. The fourth-order valence-electron chi connectivity index (χ4n) is 2.05. The second-order valence-corrected chi connectivity index (χ2v) is 5.38. The van der Waals surface area contributed by atoms with Gasteiger partial charge < -0.3 is 10.6 Å². The van der Waals surface area contributed by atoms with Gasteiger partial charge in [0, 0.05) is 45.3 Å². The average Bonchev–Trinajstić information content (AvgIpc) is 2.89. The van der Waals surface area contributed by atoms with Crippen molar-refractivity contribution in [2.24, 2.45) is 5.73 Å². The molecule has 2 heterocycles. The quantitative estimate of drug-likeness (QED) is 0.654. The van der Waals surface area contributed by atoms with E-state index in [2.05, 4.69) is 4.90 Å². The molecule has 7 nitrogen and oxygen atoms in total. The average molecular weight is 321 g/mol. The summed E-state index contributed by atoms with van der Waals surface area (Å²) in [5.41, 5.74) is 5.49. The summed E-state index contributed by atoms with van der Waals surface area (Å²) in [5.74, 6) is -0.120. The van der Waals surface area contributed by atoms with Crippen molar-refractivity contribution in [3.05, 3.63) is 27.1 Å². The minimum Gasteiger partial charge on any atom is -0.335 e. The zero-order valence-corrected chi connectivity index (χ0v) is 12.5. The number of amides is 1. The minimum atomic E-state index is -0.472. The van der Waals surface area contributed by atoms with E-state index in [1.807, 2.05) is 0 Å². The predicted octanol–water partition coefficient (Wildman–Crippen LogP) is 0.795. The number of carbonyl (C=O) groups excluding carboxylic acids is 1. The number of thiophene rings is 1. The van der Waals surface area contributed by atoms with E-state index in [1.54, 1.807) is 4.90 Å². The van der Waals surface area contributed by atoms with Gasteiger partial charge in [-0.2, -0.15) is 0 Å². The van der Waals surface area contributed by atoms with E-state index >= 15 is 0 Å². The summed E-state index contributed by atoms with van der Waals surface area (Å²) in [4.78, 5) is 26.7. The molecule has 1 aliphatic heterocycles. The first-order valence-electron chi connectivity index (χ1n) is 6.07. The predicted molar refractivity (Wildman–Crippen MR) is 79.6 cm³/mol. The van der Waals surface area contributed by atoms with Gasteiger partial charge in [0.05, 0.1) is 9.80 Å². The molecule has 1 aliphatic rings. The SMILES string of the molecule is Cl.NCCN1CCN(C(=O)c2ccc([N+](=O)[O-])s2)CC1. The van der Waals surface area contributed by atoms with Crippen molar-refractivity contribution in [3.8, 4) is 0 Å². The maximum absolute atomic E-state index is 12.2. The molecule has 2 rings (SSSR count). The molecule has 0 aliphatic carbocycles. The number of hydrogen-bond donors (Lipinski definition) is 1. The Morgan fingerprint density at radius 2 is 2.00 bits per heavy atom. The van der Waals surface area contributed by atoms with Crippen LogP contribution in [-0.4, -0.2) is 59.9 Å². The first-order valence-corrected chi connectivity index (χ1v) is 6.89. The lowest BCUT2D eigenvalue weighted by Crippen LogP contribution is -2.49. The van der Waals surface area contributed by atoms with Gasteiger partial charge in [0.1, 0.15) is 0 Å². The van der Waals surface area contributed by atoms with E-state index in [4.69, 9.17) is 5.73 Å². The van der Waals surface area contributed by atoms with Crippen molar-refractivity contribution in [2.45, 2.75) is 0 Å². The summed E-state index contributed by atoms with van der Waals surface area (Å²) in [6.07, 6.45) is 0. The topological polar surface area (TPSA) is 92.7 Å². The number of carbonyl (C=O) groups is 1. The lowest BCUT2D eigenvalue weighted by atomic mass is 10.3. The number of nitro groups is 1. The van der Waals surface area contributed by atoms with Gasteiger partial charge in [-0.3, -0.25) is 19.8 Å². The lowest BCUT2D eigenvalue weighted by Gasteiger charge is -2.34. The highest BCUT2D eigenvalue weighted by atomic mass is 35.5. The molecule has 0 saturated carbocycles. The zero-order valence-electron chi connectivity index (χ0n) is 10.9. The molecule has 9 heteroatoms. The first kappa shape index (κ1) is 16.8. The lowest BCUT2D eigenvalue weighted by molar-refractivity contribution is -0.380. The van der Waals surface area contributed by atoms with Crippen molar-refractivity contribution in [3.63, 3.8) is 0 Å². The number of rotatable bonds is 4. The van der Waals surface area contributed by atoms with Gasteiger partial charge in [-0.25, -0.2) is 0 Å². The minimum absolute atomic E-state index is 0. The number of nitrogens with zero attached hydrogens (tertiary/aromatic N) is 3. The van der Waals surface area contributed by atoms with Crippen LogP contribution < -0.4 is 5.73 Å². The molecule has 0 aromatic carbocycles. The molecule has 2 N–H and O–H groups in total. The van der Waals surface area contributed by atoms with E-state index < -0.39 is 4.92 Å². The van der Waals surface area contributed by atoms with Crippen molar-refractivity contribution in [2.75, 3.05) is 39.3 Å². The van der Waals surface area contributed by atoms with Crippen molar-refractivity contribution < 1.29 is 9.72 Å². The van der Waals surface area contributed by atoms with Crippen LogP contribution in [-0.2, 0) is 0 Å². The van der Waals surface area contributed by atoms with Gasteiger partial charge in [0.2, 0.25) is 0 Å². The van der Waals surface area contributed by atoms with Crippen molar-refractivity contribution in [1.29, 1.82) is 0 Å². The van der Waals surface area contributed by atoms with E-state index in [0.29, 0.717) is 24.5 Å². The van der Waals surface area contributed by atoms with E-state index in [1.165, 1.54) is 12.1 Å². The van der Waals surface area contributed by atoms with Gasteiger partial charge in [-0.15, -0.1) is 12.4 Å². The summed E-state index contributed by atoms with van der Waals surface area (Å²) >= 11 is 0.930. The highest BCUT2D eigenvalue weighted by Gasteiger charge is 2.24. The highest BCUT2D eigenvalue weighted by molar-refractivity contribution is 7.17. The Balaban J connectivity index is 0.00000200.